The highest BCUT2D eigenvalue weighted by Crippen LogP contribution is 2.11. The van der Waals surface area contributed by atoms with Gasteiger partial charge in [0.1, 0.15) is 0 Å². The molecule has 0 unspecified atom stereocenters. The average molecular weight is 314 g/mol. The van der Waals surface area contributed by atoms with Crippen molar-refractivity contribution >= 4 is 17.7 Å². The standard InChI is InChI=1S/C16H22N6O/c1-22(2)14-6-4-13(5-7-14)12-21-16(23)20-11-10-19-15-17-8-3-9-18-15/h3-9H,10-12H2,1-2H3,(H,17,18,19)(H2,20,21,23). The summed E-state index contributed by atoms with van der Waals surface area (Å²) in [6.45, 7) is 1.55. The van der Waals surface area contributed by atoms with E-state index in [9.17, 15) is 4.79 Å². The molecule has 0 saturated carbocycles. The second-order valence-corrected chi connectivity index (χ2v) is 5.17. The summed E-state index contributed by atoms with van der Waals surface area (Å²) in [5.74, 6) is 0.552. The zero-order valence-corrected chi connectivity index (χ0v) is 13.4. The summed E-state index contributed by atoms with van der Waals surface area (Å²) in [7, 11) is 3.99. The van der Waals surface area contributed by atoms with E-state index in [1.165, 1.54) is 0 Å². The van der Waals surface area contributed by atoms with Crippen LogP contribution in [0.25, 0.3) is 0 Å². The minimum absolute atomic E-state index is 0.197. The van der Waals surface area contributed by atoms with Crippen LogP contribution in [0.3, 0.4) is 0 Å². The van der Waals surface area contributed by atoms with Gasteiger partial charge in [-0.1, -0.05) is 12.1 Å². The summed E-state index contributed by atoms with van der Waals surface area (Å²) in [6, 6.07) is 9.62. The molecule has 0 atom stereocenters. The molecule has 1 heterocycles. The number of carbonyl (C=O) groups excluding carboxylic acids is 1. The van der Waals surface area contributed by atoms with Crippen molar-refractivity contribution in [3.05, 3.63) is 48.3 Å². The number of benzene rings is 1. The quantitative estimate of drug-likeness (QED) is 0.674. The van der Waals surface area contributed by atoms with E-state index in [0.29, 0.717) is 25.6 Å². The van der Waals surface area contributed by atoms with Gasteiger partial charge < -0.3 is 20.9 Å². The molecule has 7 nitrogen and oxygen atoms in total. The van der Waals surface area contributed by atoms with E-state index in [1.807, 2.05) is 43.3 Å². The van der Waals surface area contributed by atoms with Crippen LogP contribution in [0.5, 0.6) is 0 Å². The van der Waals surface area contributed by atoms with Gasteiger partial charge in [0.15, 0.2) is 0 Å². The molecule has 0 aliphatic rings. The molecule has 1 aromatic carbocycles. The van der Waals surface area contributed by atoms with Gasteiger partial charge in [-0.15, -0.1) is 0 Å². The third-order valence-electron chi connectivity index (χ3n) is 3.17. The molecular weight excluding hydrogens is 292 g/mol. The highest BCUT2D eigenvalue weighted by molar-refractivity contribution is 5.73. The number of hydrogen-bond donors (Lipinski definition) is 3. The minimum atomic E-state index is -0.197. The normalized spacial score (nSPS) is 10.0. The van der Waals surface area contributed by atoms with Gasteiger partial charge in [-0.25, -0.2) is 14.8 Å². The van der Waals surface area contributed by atoms with Crippen LogP contribution in [0.15, 0.2) is 42.7 Å². The van der Waals surface area contributed by atoms with Crippen LogP contribution in [0, 0.1) is 0 Å². The van der Waals surface area contributed by atoms with Gasteiger partial charge in [-0.3, -0.25) is 0 Å². The SMILES string of the molecule is CN(C)c1ccc(CNC(=O)NCCNc2ncccn2)cc1. The lowest BCUT2D eigenvalue weighted by atomic mass is 10.2. The first-order valence-electron chi connectivity index (χ1n) is 7.44. The van der Waals surface area contributed by atoms with Gasteiger partial charge in [0.25, 0.3) is 0 Å². The summed E-state index contributed by atoms with van der Waals surface area (Å²) in [4.78, 5) is 21.8. The molecule has 0 bridgehead atoms. The van der Waals surface area contributed by atoms with Crippen molar-refractivity contribution in [2.75, 3.05) is 37.4 Å². The molecule has 0 fully saturated rings. The number of nitrogens with zero attached hydrogens (tertiary/aromatic N) is 3. The Kier molecular flexibility index (Phi) is 6.17. The minimum Gasteiger partial charge on any atom is -0.378 e. The third-order valence-corrected chi connectivity index (χ3v) is 3.17. The molecule has 0 saturated heterocycles. The maximum Gasteiger partial charge on any atom is 0.315 e. The summed E-state index contributed by atoms with van der Waals surface area (Å²) in [5, 5.41) is 8.62. The van der Waals surface area contributed by atoms with Gasteiger partial charge in [0.2, 0.25) is 5.95 Å². The summed E-state index contributed by atoms with van der Waals surface area (Å²) in [5.41, 5.74) is 2.19. The van der Waals surface area contributed by atoms with Gasteiger partial charge in [-0.2, -0.15) is 0 Å². The maximum absolute atomic E-state index is 11.7. The molecule has 3 N–H and O–H groups in total. The van der Waals surface area contributed by atoms with Crippen molar-refractivity contribution in [3.63, 3.8) is 0 Å². The Morgan fingerprint density at radius 3 is 2.39 bits per heavy atom. The molecule has 7 heteroatoms. The van der Waals surface area contributed by atoms with Crippen LogP contribution >= 0.6 is 0 Å². The molecule has 0 spiro atoms. The lowest BCUT2D eigenvalue weighted by molar-refractivity contribution is 0.241. The zero-order chi connectivity index (χ0) is 16.5. The van der Waals surface area contributed by atoms with Crippen LogP contribution < -0.4 is 20.9 Å². The van der Waals surface area contributed by atoms with Gasteiger partial charge in [0.05, 0.1) is 0 Å². The van der Waals surface area contributed by atoms with Gasteiger partial charge >= 0.3 is 6.03 Å². The first-order valence-corrected chi connectivity index (χ1v) is 7.44. The molecule has 1 aromatic heterocycles. The predicted molar refractivity (Wildman–Crippen MR) is 91.5 cm³/mol. The Hall–Kier alpha value is -2.83. The lowest BCUT2D eigenvalue weighted by Gasteiger charge is -2.13. The van der Waals surface area contributed by atoms with Crippen LogP contribution in [-0.4, -0.2) is 43.2 Å². The van der Waals surface area contributed by atoms with E-state index >= 15 is 0 Å². The van der Waals surface area contributed by atoms with Gasteiger partial charge in [-0.05, 0) is 23.8 Å². The van der Waals surface area contributed by atoms with E-state index in [1.54, 1.807) is 18.5 Å². The topological polar surface area (TPSA) is 82.2 Å². The van der Waals surface area contributed by atoms with E-state index in [0.717, 1.165) is 11.3 Å². The summed E-state index contributed by atoms with van der Waals surface area (Å²) >= 11 is 0. The Labute approximate surface area is 136 Å². The van der Waals surface area contributed by atoms with E-state index in [4.69, 9.17) is 0 Å². The molecule has 23 heavy (non-hydrogen) atoms. The number of nitrogens with one attached hydrogen (secondary N) is 3. The Morgan fingerprint density at radius 2 is 1.74 bits per heavy atom. The molecule has 0 radical (unpaired) electrons. The van der Waals surface area contributed by atoms with Crippen molar-refractivity contribution in [3.8, 4) is 0 Å². The number of rotatable bonds is 7. The average Bonchev–Trinajstić information content (AvgIpc) is 2.58. The van der Waals surface area contributed by atoms with Crippen molar-refractivity contribution in [2.45, 2.75) is 6.54 Å². The fraction of sp³-hybridized carbons (Fsp3) is 0.312. The van der Waals surface area contributed by atoms with E-state index in [-0.39, 0.29) is 6.03 Å². The number of urea groups is 1. The van der Waals surface area contributed by atoms with Crippen LogP contribution in [0.2, 0.25) is 0 Å². The predicted octanol–water partition coefficient (Wildman–Crippen LogP) is 1.45. The number of anilines is 2. The summed E-state index contributed by atoms with van der Waals surface area (Å²) in [6.07, 6.45) is 3.33. The molecule has 122 valence electrons. The number of hydrogen-bond acceptors (Lipinski definition) is 5. The molecule has 0 aliphatic carbocycles. The Balaban J connectivity index is 1.63. The van der Waals surface area contributed by atoms with Gasteiger partial charge in [0, 0.05) is 51.8 Å². The third kappa shape index (κ3) is 5.82. The lowest BCUT2D eigenvalue weighted by Crippen LogP contribution is -2.37. The molecule has 2 rings (SSSR count). The fourth-order valence-electron chi connectivity index (χ4n) is 1.90. The molecule has 2 aromatic rings. The second kappa shape index (κ2) is 8.57. The smallest absolute Gasteiger partial charge is 0.315 e. The Bertz CT molecular complexity index is 600. The highest BCUT2D eigenvalue weighted by atomic mass is 16.2. The largest absolute Gasteiger partial charge is 0.378 e. The van der Waals surface area contributed by atoms with E-state index in [2.05, 4.69) is 25.9 Å². The Morgan fingerprint density at radius 1 is 1.04 bits per heavy atom. The van der Waals surface area contributed by atoms with Crippen molar-refractivity contribution in [1.82, 2.24) is 20.6 Å². The number of amides is 2. The number of carbonyl (C=O) groups is 1. The molecule has 0 aliphatic heterocycles. The van der Waals surface area contributed by atoms with Crippen LogP contribution in [0.1, 0.15) is 5.56 Å². The van der Waals surface area contributed by atoms with Crippen molar-refractivity contribution in [1.29, 1.82) is 0 Å². The van der Waals surface area contributed by atoms with Crippen molar-refractivity contribution in [2.24, 2.45) is 0 Å². The monoisotopic (exact) mass is 314 g/mol. The van der Waals surface area contributed by atoms with Crippen LogP contribution in [-0.2, 0) is 6.54 Å². The first kappa shape index (κ1) is 16.5. The highest BCUT2D eigenvalue weighted by Gasteiger charge is 2.01. The van der Waals surface area contributed by atoms with Crippen molar-refractivity contribution < 1.29 is 4.79 Å². The molecular formula is C16H22N6O. The zero-order valence-electron chi connectivity index (χ0n) is 13.4. The maximum atomic E-state index is 11.7. The van der Waals surface area contributed by atoms with E-state index < -0.39 is 0 Å². The number of aromatic nitrogens is 2. The van der Waals surface area contributed by atoms with Crippen LogP contribution in [0.4, 0.5) is 16.4 Å². The molecule has 2 amide bonds. The first-order chi connectivity index (χ1) is 11.1. The fourth-order valence-corrected chi connectivity index (χ4v) is 1.90. The summed E-state index contributed by atoms with van der Waals surface area (Å²) < 4.78 is 0. The second-order valence-electron chi connectivity index (χ2n) is 5.17.